The Morgan fingerprint density at radius 3 is 2.46 bits per heavy atom. The molecule has 0 saturated heterocycles. The molecule has 0 aliphatic rings. The van der Waals surface area contributed by atoms with Crippen LogP contribution in [0, 0.1) is 6.07 Å². The van der Waals surface area contributed by atoms with Gasteiger partial charge in [0.1, 0.15) is 0 Å². The number of thioether (sulfide) groups is 1. The minimum absolute atomic E-state index is 0. The molecule has 3 heteroatoms. The van der Waals surface area contributed by atoms with Crippen molar-refractivity contribution in [3.63, 3.8) is 0 Å². The molecular weight excluding hydrogens is 256 g/mol. The molecule has 1 aromatic rings. The van der Waals surface area contributed by atoms with Gasteiger partial charge in [0.2, 0.25) is 0 Å². The second-order valence-corrected chi connectivity index (χ2v) is 3.61. The minimum Gasteiger partial charge on any atom is -1.00 e. The fourth-order valence-corrected chi connectivity index (χ4v) is 1.80. The van der Waals surface area contributed by atoms with Gasteiger partial charge in [0, 0.05) is 0 Å². The molecule has 0 spiro atoms. The van der Waals surface area contributed by atoms with Crippen molar-refractivity contribution in [1.29, 1.82) is 0 Å². The van der Waals surface area contributed by atoms with E-state index in [1.54, 1.807) is 0 Å². The van der Waals surface area contributed by atoms with E-state index in [2.05, 4.69) is 25.1 Å². The van der Waals surface area contributed by atoms with Crippen molar-refractivity contribution in [1.82, 2.24) is 0 Å². The quantitative estimate of drug-likeness (QED) is 0.321. The molecule has 0 saturated carbocycles. The standard InChI is InChI=1S/C10H13S.BrH.Mg/c1-2-3-9-11-10-7-5-4-6-8-10;;/h5-8H,2-3,9H2,1H3;1H;/q-1;;+2/p-1. The van der Waals surface area contributed by atoms with Crippen LogP contribution in [-0.2, 0) is 0 Å². The fourth-order valence-electron chi connectivity index (χ4n) is 0.802. The Bertz CT molecular complexity index is 191. The van der Waals surface area contributed by atoms with Crippen LogP contribution in [0.25, 0.3) is 0 Å². The number of benzene rings is 1. The third-order valence-electron chi connectivity index (χ3n) is 1.45. The number of rotatable bonds is 4. The smallest absolute Gasteiger partial charge is 1.00 e. The van der Waals surface area contributed by atoms with Crippen molar-refractivity contribution in [2.24, 2.45) is 0 Å². The van der Waals surface area contributed by atoms with Crippen LogP contribution in [0.1, 0.15) is 19.8 Å². The van der Waals surface area contributed by atoms with Gasteiger partial charge in [0.15, 0.2) is 0 Å². The molecule has 0 unspecified atom stereocenters. The van der Waals surface area contributed by atoms with E-state index in [9.17, 15) is 0 Å². The second-order valence-electron chi connectivity index (χ2n) is 2.44. The first kappa shape index (κ1) is 16.3. The summed E-state index contributed by atoms with van der Waals surface area (Å²) in [6.45, 7) is 2.22. The van der Waals surface area contributed by atoms with E-state index in [1.165, 1.54) is 23.5 Å². The SMILES string of the molecule is CCCCSc1cc[c-]cc1.[Br-].[Mg+2]. The fraction of sp³-hybridized carbons (Fsp3) is 0.400. The Hall–Kier alpha value is 0.816. The molecule has 1 aromatic carbocycles. The minimum atomic E-state index is 0. The molecule has 0 radical (unpaired) electrons. The van der Waals surface area contributed by atoms with Gasteiger partial charge < -0.3 is 17.0 Å². The molecular formula is C10H13BrMgS. The van der Waals surface area contributed by atoms with Crippen LogP contribution in [-0.4, -0.2) is 28.8 Å². The van der Waals surface area contributed by atoms with E-state index < -0.39 is 0 Å². The zero-order valence-electron chi connectivity index (χ0n) is 7.92. The van der Waals surface area contributed by atoms with Crippen LogP contribution in [0.4, 0.5) is 0 Å². The van der Waals surface area contributed by atoms with Gasteiger partial charge in [-0.2, -0.15) is 42.1 Å². The van der Waals surface area contributed by atoms with Gasteiger partial charge in [-0.3, -0.25) is 0 Å². The van der Waals surface area contributed by atoms with Crippen LogP contribution < -0.4 is 17.0 Å². The number of hydrogen-bond donors (Lipinski definition) is 0. The number of hydrogen-bond acceptors (Lipinski definition) is 1. The van der Waals surface area contributed by atoms with Gasteiger partial charge in [-0.1, -0.05) is 13.3 Å². The predicted octanol–water partition coefficient (Wildman–Crippen LogP) is 0.00219. The van der Waals surface area contributed by atoms with Gasteiger partial charge in [-0.25, -0.2) is 0 Å². The average Bonchev–Trinajstić information content (AvgIpc) is 2.07. The molecule has 1 rings (SSSR count). The molecule has 0 nitrogen and oxygen atoms in total. The summed E-state index contributed by atoms with van der Waals surface area (Å²) in [7, 11) is 0. The summed E-state index contributed by atoms with van der Waals surface area (Å²) < 4.78 is 0. The maximum Gasteiger partial charge on any atom is 2.00 e. The van der Waals surface area contributed by atoms with Gasteiger partial charge in [0.25, 0.3) is 0 Å². The summed E-state index contributed by atoms with van der Waals surface area (Å²) in [6, 6.07) is 11.2. The van der Waals surface area contributed by atoms with Crippen LogP contribution in [0.15, 0.2) is 29.2 Å². The molecule has 68 valence electrons. The van der Waals surface area contributed by atoms with E-state index in [-0.39, 0.29) is 40.0 Å². The van der Waals surface area contributed by atoms with Crippen LogP contribution in [0.2, 0.25) is 0 Å². The molecule has 13 heavy (non-hydrogen) atoms. The van der Waals surface area contributed by atoms with Crippen LogP contribution in [0.5, 0.6) is 0 Å². The van der Waals surface area contributed by atoms with Crippen LogP contribution in [0.3, 0.4) is 0 Å². The summed E-state index contributed by atoms with van der Waals surface area (Å²) in [5.74, 6) is 1.24. The van der Waals surface area contributed by atoms with E-state index in [0.29, 0.717) is 0 Å². The maximum atomic E-state index is 3.01. The summed E-state index contributed by atoms with van der Waals surface area (Å²) in [4.78, 5) is 1.36. The maximum absolute atomic E-state index is 3.01. The average molecular weight is 269 g/mol. The summed E-state index contributed by atoms with van der Waals surface area (Å²) in [5, 5.41) is 0. The van der Waals surface area contributed by atoms with E-state index in [1.807, 2.05) is 23.9 Å². The molecule has 0 aliphatic carbocycles. The Labute approximate surface area is 112 Å². The molecule has 0 fully saturated rings. The van der Waals surface area contributed by atoms with E-state index in [0.717, 1.165) is 0 Å². The van der Waals surface area contributed by atoms with Crippen molar-refractivity contribution >= 4 is 34.8 Å². The second kappa shape index (κ2) is 10.9. The Morgan fingerprint density at radius 1 is 1.31 bits per heavy atom. The molecule has 0 atom stereocenters. The molecule has 0 amide bonds. The topological polar surface area (TPSA) is 0 Å². The molecule has 0 aliphatic heterocycles. The van der Waals surface area contributed by atoms with Gasteiger partial charge >= 0.3 is 23.1 Å². The zero-order valence-corrected chi connectivity index (χ0v) is 11.7. The van der Waals surface area contributed by atoms with E-state index >= 15 is 0 Å². The largest absolute Gasteiger partial charge is 2.00 e. The summed E-state index contributed by atoms with van der Waals surface area (Å²) >= 11 is 1.92. The predicted molar refractivity (Wildman–Crippen MR) is 56.7 cm³/mol. The van der Waals surface area contributed by atoms with E-state index in [4.69, 9.17) is 0 Å². The molecule has 0 N–H and O–H groups in total. The third kappa shape index (κ3) is 7.85. The number of halogens is 1. The number of unbranched alkanes of at least 4 members (excludes halogenated alkanes) is 1. The van der Waals surface area contributed by atoms with Gasteiger partial charge in [0.05, 0.1) is 0 Å². The first-order valence-electron chi connectivity index (χ1n) is 4.02. The van der Waals surface area contributed by atoms with Gasteiger partial charge in [-0.15, -0.1) is 4.90 Å². The van der Waals surface area contributed by atoms with Crippen LogP contribution >= 0.6 is 11.8 Å². The molecule has 0 heterocycles. The molecule has 0 aromatic heterocycles. The van der Waals surface area contributed by atoms with Gasteiger partial charge in [-0.05, 0) is 12.2 Å². The van der Waals surface area contributed by atoms with Crippen molar-refractivity contribution in [2.45, 2.75) is 24.7 Å². The van der Waals surface area contributed by atoms with Crippen molar-refractivity contribution in [2.75, 3.05) is 5.75 Å². The summed E-state index contributed by atoms with van der Waals surface area (Å²) in [5.41, 5.74) is 0. The van der Waals surface area contributed by atoms with Crippen molar-refractivity contribution in [3.05, 3.63) is 30.3 Å². The Kier molecular flexibility index (Phi) is 13.6. The monoisotopic (exact) mass is 268 g/mol. The third-order valence-corrected chi connectivity index (χ3v) is 2.55. The Morgan fingerprint density at radius 2 is 1.92 bits per heavy atom. The normalized spacial score (nSPS) is 8.38. The Balaban J connectivity index is 0. The first-order valence-corrected chi connectivity index (χ1v) is 5.01. The van der Waals surface area contributed by atoms with Crippen molar-refractivity contribution in [3.8, 4) is 0 Å². The summed E-state index contributed by atoms with van der Waals surface area (Å²) in [6.07, 6.45) is 2.59. The molecule has 0 bridgehead atoms. The first-order chi connectivity index (χ1) is 5.43. The van der Waals surface area contributed by atoms with Crippen molar-refractivity contribution < 1.29 is 17.0 Å². The zero-order chi connectivity index (χ0) is 7.94.